The van der Waals surface area contributed by atoms with Crippen molar-refractivity contribution >= 4 is 46.4 Å². The molecule has 0 saturated carbocycles. The van der Waals surface area contributed by atoms with E-state index in [9.17, 15) is 13.2 Å². The van der Waals surface area contributed by atoms with Crippen LogP contribution in [0.2, 0.25) is 0 Å². The van der Waals surface area contributed by atoms with Crippen LogP contribution in [-0.4, -0.2) is 50.4 Å². The average Bonchev–Trinajstić information content (AvgIpc) is 2.68. The molecule has 0 aliphatic carbocycles. The number of carbonyl (C=O) groups is 1. The Morgan fingerprint density at radius 3 is 2.36 bits per heavy atom. The minimum atomic E-state index is -3.71. The maximum Gasteiger partial charge on any atom is 0.261 e. The number of hydrogen-bond donors (Lipinski definition) is 2. The molecule has 2 heterocycles. The summed E-state index contributed by atoms with van der Waals surface area (Å²) >= 11 is 0. The Labute approximate surface area is 177 Å². The van der Waals surface area contributed by atoms with Crippen LogP contribution in [0.25, 0.3) is 0 Å². The quantitative estimate of drug-likeness (QED) is 0.735. The molecule has 2 aromatic rings. The summed E-state index contributed by atoms with van der Waals surface area (Å²) in [7, 11) is -1.81. The zero-order valence-corrected chi connectivity index (χ0v) is 17.8. The number of benzene rings is 1. The Morgan fingerprint density at radius 2 is 1.75 bits per heavy atom. The molecule has 0 bridgehead atoms. The molecule has 1 fully saturated rings. The molecule has 1 aliphatic rings. The van der Waals surface area contributed by atoms with E-state index in [2.05, 4.69) is 15.0 Å². The normalized spacial score (nSPS) is 16.5. The number of sulfonamides is 1. The van der Waals surface area contributed by atoms with Crippen LogP contribution in [0.3, 0.4) is 0 Å². The number of hydrogen-bond acceptors (Lipinski definition) is 5. The van der Waals surface area contributed by atoms with Crippen LogP contribution >= 0.6 is 24.8 Å². The lowest BCUT2D eigenvalue weighted by Gasteiger charge is -2.32. The summed E-state index contributed by atoms with van der Waals surface area (Å²) < 4.78 is 27.4. The number of pyridine rings is 1. The summed E-state index contributed by atoms with van der Waals surface area (Å²) in [6.07, 6.45) is 5.03. The number of amides is 1. The first-order chi connectivity index (χ1) is 12.5. The van der Waals surface area contributed by atoms with Gasteiger partial charge in [-0.1, -0.05) is 0 Å². The lowest BCUT2D eigenvalue weighted by atomic mass is 10.0. The van der Waals surface area contributed by atoms with Crippen molar-refractivity contribution < 1.29 is 13.2 Å². The van der Waals surface area contributed by atoms with Crippen molar-refractivity contribution in [1.82, 2.24) is 15.2 Å². The highest BCUT2D eigenvalue weighted by Gasteiger charge is 2.24. The van der Waals surface area contributed by atoms with E-state index in [4.69, 9.17) is 0 Å². The van der Waals surface area contributed by atoms with Gasteiger partial charge in [-0.15, -0.1) is 24.8 Å². The number of piperidine rings is 1. The summed E-state index contributed by atoms with van der Waals surface area (Å²) in [5.74, 6) is -0.0732. The maximum atomic E-state index is 12.6. The van der Waals surface area contributed by atoms with E-state index in [0.717, 1.165) is 19.4 Å². The minimum absolute atomic E-state index is 0. The minimum Gasteiger partial charge on any atom is -0.337 e. The molecule has 1 aliphatic heterocycles. The predicted octanol–water partition coefficient (Wildman–Crippen LogP) is 2.55. The molecular weight excluding hydrogens is 423 g/mol. The number of anilines is 1. The third-order valence-electron chi connectivity index (χ3n) is 4.46. The Morgan fingerprint density at radius 1 is 1.11 bits per heavy atom. The molecule has 2 N–H and O–H groups in total. The topological polar surface area (TPSA) is 91.4 Å². The van der Waals surface area contributed by atoms with Gasteiger partial charge >= 0.3 is 0 Å². The fraction of sp³-hybridized carbons (Fsp3) is 0.333. The lowest BCUT2D eigenvalue weighted by molar-refractivity contribution is 0.0698. The molecule has 0 spiro atoms. The van der Waals surface area contributed by atoms with Crippen LogP contribution in [-0.2, 0) is 10.0 Å². The van der Waals surface area contributed by atoms with Gasteiger partial charge in [-0.25, -0.2) is 8.42 Å². The molecule has 7 nitrogen and oxygen atoms in total. The van der Waals surface area contributed by atoms with Crippen molar-refractivity contribution in [3.05, 3.63) is 54.4 Å². The lowest BCUT2D eigenvalue weighted by Crippen LogP contribution is -2.46. The van der Waals surface area contributed by atoms with Crippen molar-refractivity contribution in [3.8, 4) is 0 Å². The zero-order chi connectivity index (χ0) is 18.6. The molecule has 1 amide bonds. The second-order valence-electron chi connectivity index (χ2n) is 6.24. The highest BCUT2D eigenvalue weighted by molar-refractivity contribution is 7.92. The number of rotatable bonds is 5. The van der Waals surface area contributed by atoms with Gasteiger partial charge in [0.15, 0.2) is 0 Å². The highest BCUT2D eigenvalue weighted by Crippen LogP contribution is 2.18. The van der Waals surface area contributed by atoms with Gasteiger partial charge in [0.2, 0.25) is 0 Å². The molecule has 10 heteroatoms. The largest absolute Gasteiger partial charge is 0.337 e. The molecule has 0 radical (unpaired) electrons. The molecule has 154 valence electrons. The van der Waals surface area contributed by atoms with Gasteiger partial charge in [-0.05, 0) is 56.3 Å². The van der Waals surface area contributed by atoms with Gasteiger partial charge in [-0.3, -0.25) is 14.5 Å². The number of nitrogens with zero attached hydrogens (tertiary/aromatic N) is 2. The first kappa shape index (κ1) is 24.2. The number of carbonyl (C=O) groups excluding carboxylic acids is 1. The molecule has 28 heavy (non-hydrogen) atoms. The summed E-state index contributed by atoms with van der Waals surface area (Å²) in [6, 6.07) is 9.48. The van der Waals surface area contributed by atoms with Crippen LogP contribution in [0.5, 0.6) is 0 Å². The second kappa shape index (κ2) is 10.6. The molecule has 1 atom stereocenters. The highest BCUT2D eigenvalue weighted by atomic mass is 35.5. The fourth-order valence-corrected chi connectivity index (χ4v) is 4.05. The Bertz CT molecular complexity index is 864. The maximum absolute atomic E-state index is 12.6. The van der Waals surface area contributed by atoms with Gasteiger partial charge in [0.05, 0.1) is 10.6 Å². The monoisotopic (exact) mass is 446 g/mol. The second-order valence-corrected chi connectivity index (χ2v) is 7.93. The van der Waals surface area contributed by atoms with Crippen molar-refractivity contribution in [1.29, 1.82) is 0 Å². The third-order valence-corrected chi connectivity index (χ3v) is 5.86. The number of aromatic nitrogens is 1. The van der Waals surface area contributed by atoms with Crippen LogP contribution in [0.4, 0.5) is 5.69 Å². The van der Waals surface area contributed by atoms with Crippen molar-refractivity contribution in [2.45, 2.75) is 23.8 Å². The predicted molar refractivity (Wildman–Crippen MR) is 114 cm³/mol. The van der Waals surface area contributed by atoms with E-state index in [0.29, 0.717) is 23.8 Å². The van der Waals surface area contributed by atoms with Gasteiger partial charge < -0.3 is 10.2 Å². The van der Waals surface area contributed by atoms with E-state index in [-0.39, 0.29) is 35.6 Å². The Kier molecular flexibility index (Phi) is 9.16. The van der Waals surface area contributed by atoms with Gasteiger partial charge in [-0.2, -0.15) is 0 Å². The first-order valence-electron chi connectivity index (χ1n) is 8.49. The standard InChI is InChI=1S/C18H22N4O3S.2ClH/c1-19-16-3-2-12-22(13-16)18(23)14-4-6-17(7-5-14)26(24,25)21-15-8-10-20-11-9-15;;/h4-11,16,19H,2-3,12-13H2,1H3,(H,20,21);2*1H. The molecule has 1 aromatic carbocycles. The van der Waals surface area contributed by atoms with Crippen molar-refractivity contribution in [2.24, 2.45) is 0 Å². The average molecular weight is 447 g/mol. The van der Waals surface area contributed by atoms with Crippen LogP contribution < -0.4 is 10.0 Å². The summed E-state index contributed by atoms with van der Waals surface area (Å²) in [5, 5.41) is 3.21. The van der Waals surface area contributed by atoms with Crippen molar-refractivity contribution in [3.63, 3.8) is 0 Å². The van der Waals surface area contributed by atoms with E-state index in [1.807, 2.05) is 11.9 Å². The summed E-state index contributed by atoms with van der Waals surface area (Å²) in [6.45, 7) is 1.39. The molecular formula is C18H24Cl2N4O3S. The molecule has 1 unspecified atom stereocenters. The van der Waals surface area contributed by atoms with E-state index in [1.165, 1.54) is 24.5 Å². The Balaban J connectivity index is 0.00000196. The number of likely N-dealkylation sites (tertiary alicyclic amines) is 1. The number of nitrogens with one attached hydrogen (secondary N) is 2. The summed E-state index contributed by atoms with van der Waals surface area (Å²) in [4.78, 5) is 18.4. The van der Waals surface area contributed by atoms with Gasteiger partial charge in [0.1, 0.15) is 0 Å². The zero-order valence-electron chi connectivity index (χ0n) is 15.4. The third kappa shape index (κ3) is 5.81. The van der Waals surface area contributed by atoms with Crippen LogP contribution in [0.1, 0.15) is 23.2 Å². The van der Waals surface area contributed by atoms with Crippen molar-refractivity contribution in [2.75, 3.05) is 24.9 Å². The summed E-state index contributed by atoms with van der Waals surface area (Å²) in [5.41, 5.74) is 0.927. The van der Waals surface area contributed by atoms with E-state index < -0.39 is 10.0 Å². The molecule has 3 rings (SSSR count). The van der Waals surface area contributed by atoms with Gasteiger partial charge in [0, 0.05) is 37.1 Å². The van der Waals surface area contributed by atoms with Gasteiger partial charge in [0.25, 0.3) is 15.9 Å². The smallest absolute Gasteiger partial charge is 0.261 e. The number of halogens is 2. The van der Waals surface area contributed by atoms with E-state index >= 15 is 0 Å². The molecule has 1 saturated heterocycles. The van der Waals surface area contributed by atoms with E-state index in [1.54, 1.807) is 24.3 Å². The number of likely N-dealkylation sites (N-methyl/N-ethyl adjacent to an activating group) is 1. The SMILES string of the molecule is CNC1CCCN(C(=O)c2ccc(S(=O)(=O)Nc3ccncc3)cc2)C1.Cl.Cl. The van der Waals surface area contributed by atoms with Crippen LogP contribution in [0, 0.1) is 0 Å². The Hall–Kier alpha value is -1.87. The fourth-order valence-electron chi connectivity index (χ4n) is 2.99. The van der Waals surface area contributed by atoms with Crippen LogP contribution in [0.15, 0.2) is 53.7 Å². The molecule has 1 aromatic heterocycles. The first-order valence-corrected chi connectivity index (χ1v) is 9.97.